The van der Waals surface area contributed by atoms with Gasteiger partial charge in [-0.05, 0) is 34.5 Å². The standard InChI is InChI=1S/C10H11BrFNO2/c1-2-8(10(13)14)15-9-5-6(12)3-4-7(9)11/h3-5,8H,2H2,1H3,(H2,13,14). The minimum absolute atomic E-state index is 0.278. The van der Waals surface area contributed by atoms with Gasteiger partial charge in [-0.1, -0.05) is 6.92 Å². The number of halogens is 2. The van der Waals surface area contributed by atoms with Crippen LogP contribution in [-0.4, -0.2) is 12.0 Å². The number of ether oxygens (including phenoxy) is 1. The van der Waals surface area contributed by atoms with E-state index in [2.05, 4.69) is 15.9 Å². The number of rotatable bonds is 4. The van der Waals surface area contributed by atoms with Gasteiger partial charge in [0.1, 0.15) is 11.6 Å². The van der Waals surface area contributed by atoms with E-state index in [4.69, 9.17) is 10.5 Å². The fourth-order valence-corrected chi connectivity index (χ4v) is 1.40. The first-order chi connectivity index (χ1) is 7.04. The maximum absolute atomic E-state index is 12.9. The zero-order valence-corrected chi connectivity index (χ0v) is 9.75. The Bertz CT molecular complexity index is 370. The normalized spacial score (nSPS) is 12.2. The van der Waals surface area contributed by atoms with Crippen LogP contribution in [0.3, 0.4) is 0 Å². The molecule has 0 aliphatic carbocycles. The molecule has 1 rings (SSSR count). The zero-order chi connectivity index (χ0) is 11.4. The summed E-state index contributed by atoms with van der Waals surface area (Å²) < 4.78 is 18.7. The predicted octanol–water partition coefficient (Wildman–Crippen LogP) is 2.23. The van der Waals surface area contributed by atoms with Crippen molar-refractivity contribution in [3.63, 3.8) is 0 Å². The molecule has 0 aliphatic heterocycles. The highest BCUT2D eigenvalue weighted by molar-refractivity contribution is 9.10. The Morgan fingerprint density at radius 3 is 2.87 bits per heavy atom. The van der Waals surface area contributed by atoms with E-state index in [-0.39, 0.29) is 5.75 Å². The summed E-state index contributed by atoms with van der Waals surface area (Å²) in [5, 5.41) is 0. The molecule has 0 aromatic heterocycles. The maximum atomic E-state index is 12.9. The average molecular weight is 276 g/mol. The Morgan fingerprint density at radius 1 is 1.67 bits per heavy atom. The SMILES string of the molecule is CCC(Oc1cc(F)ccc1Br)C(N)=O. The van der Waals surface area contributed by atoms with Gasteiger partial charge in [0.15, 0.2) is 6.10 Å². The highest BCUT2D eigenvalue weighted by Crippen LogP contribution is 2.26. The summed E-state index contributed by atoms with van der Waals surface area (Å²) in [4.78, 5) is 10.9. The van der Waals surface area contributed by atoms with E-state index in [9.17, 15) is 9.18 Å². The molecule has 1 unspecified atom stereocenters. The van der Waals surface area contributed by atoms with Crippen LogP contribution in [0.25, 0.3) is 0 Å². The van der Waals surface area contributed by atoms with Crippen LogP contribution in [0.15, 0.2) is 22.7 Å². The van der Waals surface area contributed by atoms with E-state index in [1.165, 1.54) is 18.2 Å². The van der Waals surface area contributed by atoms with E-state index < -0.39 is 17.8 Å². The van der Waals surface area contributed by atoms with Crippen molar-refractivity contribution < 1.29 is 13.9 Å². The molecule has 0 saturated carbocycles. The molecule has 0 spiro atoms. The third-order valence-electron chi connectivity index (χ3n) is 1.85. The second-order valence-corrected chi connectivity index (χ2v) is 3.85. The molecule has 0 heterocycles. The van der Waals surface area contributed by atoms with Gasteiger partial charge in [0, 0.05) is 6.07 Å². The Morgan fingerprint density at radius 2 is 2.33 bits per heavy atom. The molecule has 82 valence electrons. The Hall–Kier alpha value is -1.10. The molecule has 3 nitrogen and oxygen atoms in total. The number of carbonyl (C=O) groups is 1. The summed E-state index contributed by atoms with van der Waals surface area (Å²) in [5.41, 5.74) is 5.11. The van der Waals surface area contributed by atoms with Gasteiger partial charge in [-0.25, -0.2) is 4.39 Å². The molecule has 0 saturated heterocycles. The molecular formula is C10H11BrFNO2. The highest BCUT2D eigenvalue weighted by atomic mass is 79.9. The van der Waals surface area contributed by atoms with Crippen LogP contribution >= 0.6 is 15.9 Å². The fraction of sp³-hybridized carbons (Fsp3) is 0.300. The Labute approximate surface area is 95.5 Å². The Balaban J connectivity index is 2.87. The van der Waals surface area contributed by atoms with Crippen LogP contribution < -0.4 is 10.5 Å². The summed E-state index contributed by atoms with van der Waals surface area (Å²) in [6.07, 6.45) is -0.290. The molecular weight excluding hydrogens is 265 g/mol. The third kappa shape index (κ3) is 3.20. The quantitative estimate of drug-likeness (QED) is 0.916. The molecule has 1 aromatic rings. The van der Waals surface area contributed by atoms with Crippen LogP contribution in [0.1, 0.15) is 13.3 Å². The van der Waals surface area contributed by atoms with Crippen molar-refractivity contribution >= 4 is 21.8 Å². The molecule has 2 N–H and O–H groups in total. The first-order valence-electron chi connectivity index (χ1n) is 4.45. The molecule has 0 aliphatic rings. The molecule has 1 aromatic carbocycles. The molecule has 1 amide bonds. The van der Waals surface area contributed by atoms with Crippen molar-refractivity contribution in [3.05, 3.63) is 28.5 Å². The number of hydrogen-bond acceptors (Lipinski definition) is 2. The number of nitrogens with two attached hydrogens (primary N) is 1. The lowest BCUT2D eigenvalue weighted by molar-refractivity contribution is -0.124. The van der Waals surface area contributed by atoms with Crippen LogP contribution in [0.5, 0.6) is 5.75 Å². The van der Waals surface area contributed by atoms with E-state index in [1.807, 2.05) is 0 Å². The number of carbonyl (C=O) groups excluding carboxylic acids is 1. The second-order valence-electron chi connectivity index (χ2n) is 2.99. The average Bonchev–Trinajstić information content (AvgIpc) is 2.18. The number of benzene rings is 1. The second kappa shape index (κ2) is 5.11. The summed E-state index contributed by atoms with van der Waals surface area (Å²) in [6.45, 7) is 1.77. The Kier molecular flexibility index (Phi) is 4.08. The summed E-state index contributed by atoms with van der Waals surface area (Å²) >= 11 is 3.19. The van der Waals surface area contributed by atoms with Crippen molar-refractivity contribution in [2.45, 2.75) is 19.4 Å². The summed E-state index contributed by atoms with van der Waals surface area (Å²) in [5.74, 6) is -0.707. The maximum Gasteiger partial charge on any atom is 0.258 e. The molecule has 0 bridgehead atoms. The topological polar surface area (TPSA) is 52.3 Å². The summed E-state index contributed by atoms with van der Waals surface area (Å²) in [6, 6.07) is 4.01. The van der Waals surface area contributed by atoms with E-state index >= 15 is 0 Å². The molecule has 5 heteroatoms. The third-order valence-corrected chi connectivity index (χ3v) is 2.51. The number of amides is 1. The van der Waals surface area contributed by atoms with Gasteiger partial charge in [-0.3, -0.25) is 4.79 Å². The van der Waals surface area contributed by atoms with E-state index in [0.717, 1.165) is 0 Å². The van der Waals surface area contributed by atoms with Crippen LogP contribution in [0, 0.1) is 5.82 Å². The number of primary amides is 1. The van der Waals surface area contributed by atoms with Gasteiger partial charge in [0.05, 0.1) is 4.47 Å². The molecule has 0 radical (unpaired) electrons. The summed E-state index contributed by atoms with van der Waals surface area (Å²) in [7, 11) is 0. The highest BCUT2D eigenvalue weighted by Gasteiger charge is 2.16. The smallest absolute Gasteiger partial charge is 0.258 e. The van der Waals surface area contributed by atoms with Crippen molar-refractivity contribution in [1.82, 2.24) is 0 Å². The monoisotopic (exact) mass is 275 g/mol. The fourth-order valence-electron chi connectivity index (χ4n) is 1.06. The first kappa shape index (κ1) is 12.0. The lowest BCUT2D eigenvalue weighted by Crippen LogP contribution is -2.33. The predicted molar refractivity (Wildman–Crippen MR) is 58.0 cm³/mol. The largest absolute Gasteiger partial charge is 0.479 e. The minimum atomic E-state index is -0.733. The van der Waals surface area contributed by atoms with Gasteiger partial charge in [-0.15, -0.1) is 0 Å². The van der Waals surface area contributed by atoms with E-state index in [1.54, 1.807) is 6.92 Å². The molecule has 0 fully saturated rings. The van der Waals surface area contributed by atoms with Gasteiger partial charge in [0.25, 0.3) is 5.91 Å². The van der Waals surface area contributed by atoms with Crippen LogP contribution in [0.2, 0.25) is 0 Å². The van der Waals surface area contributed by atoms with E-state index in [0.29, 0.717) is 10.9 Å². The van der Waals surface area contributed by atoms with Gasteiger partial charge in [0.2, 0.25) is 0 Å². The zero-order valence-electron chi connectivity index (χ0n) is 8.17. The minimum Gasteiger partial charge on any atom is -0.479 e. The molecule has 1 atom stereocenters. The van der Waals surface area contributed by atoms with Gasteiger partial charge in [-0.2, -0.15) is 0 Å². The number of hydrogen-bond donors (Lipinski definition) is 1. The van der Waals surface area contributed by atoms with Crippen molar-refractivity contribution in [1.29, 1.82) is 0 Å². The van der Waals surface area contributed by atoms with Crippen molar-refractivity contribution in [3.8, 4) is 5.75 Å². The van der Waals surface area contributed by atoms with Crippen molar-refractivity contribution in [2.24, 2.45) is 5.73 Å². The van der Waals surface area contributed by atoms with Gasteiger partial charge < -0.3 is 10.5 Å². The lowest BCUT2D eigenvalue weighted by Gasteiger charge is -2.15. The molecule has 15 heavy (non-hydrogen) atoms. The van der Waals surface area contributed by atoms with Crippen molar-refractivity contribution in [2.75, 3.05) is 0 Å². The van der Waals surface area contributed by atoms with Crippen LogP contribution in [-0.2, 0) is 4.79 Å². The van der Waals surface area contributed by atoms with Crippen LogP contribution in [0.4, 0.5) is 4.39 Å². The lowest BCUT2D eigenvalue weighted by atomic mass is 10.2. The first-order valence-corrected chi connectivity index (χ1v) is 5.25. The van der Waals surface area contributed by atoms with Gasteiger partial charge >= 0.3 is 0 Å².